The maximum Gasteiger partial charge on any atom is 0.293 e. The summed E-state index contributed by atoms with van der Waals surface area (Å²) >= 11 is 0. The predicted molar refractivity (Wildman–Crippen MR) is 99.7 cm³/mol. The van der Waals surface area contributed by atoms with Gasteiger partial charge in [-0.25, -0.2) is 0 Å². The molecule has 0 aromatic heterocycles. The van der Waals surface area contributed by atoms with Gasteiger partial charge in [-0.1, -0.05) is 0 Å². The first-order valence-corrected chi connectivity index (χ1v) is 8.62. The molecule has 2 fully saturated rings. The minimum Gasteiger partial charge on any atom is -0.366 e. The molecule has 1 aromatic rings. The summed E-state index contributed by atoms with van der Waals surface area (Å²) < 4.78 is 0. The van der Waals surface area contributed by atoms with Crippen LogP contribution in [0, 0.1) is 10.1 Å². The summed E-state index contributed by atoms with van der Waals surface area (Å²) in [6.45, 7) is 4.63. The fraction of sp³-hybridized carbons (Fsp3) is 0.588. The van der Waals surface area contributed by atoms with Gasteiger partial charge in [-0.05, 0) is 51.3 Å². The lowest BCUT2D eigenvalue weighted by molar-refractivity contribution is -0.384. The second kappa shape index (κ2) is 8.49. The molecule has 25 heavy (non-hydrogen) atoms. The summed E-state index contributed by atoms with van der Waals surface area (Å²) in [5.74, 6) is -0.231. The van der Waals surface area contributed by atoms with Crippen LogP contribution < -0.4 is 15.5 Å². The van der Waals surface area contributed by atoms with E-state index in [0.29, 0.717) is 17.3 Å². The highest BCUT2D eigenvalue weighted by molar-refractivity contribution is 5.96. The molecule has 1 aromatic carbocycles. The average molecular weight is 369 g/mol. The van der Waals surface area contributed by atoms with E-state index in [0.717, 1.165) is 45.3 Å². The largest absolute Gasteiger partial charge is 0.366 e. The molecule has 0 saturated carbocycles. The maximum absolute atomic E-state index is 12.5. The van der Waals surface area contributed by atoms with E-state index in [1.165, 1.54) is 6.07 Å². The molecule has 138 valence electrons. The van der Waals surface area contributed by atoms with Crippen LogP contribution >= 0.6 is 12.4 Å². The standard InChI is InChI=1S/C17H24N4O3.ClH/c1-12-10-14(6-7-18-12)19-17(22)13-4-5-15(16(11-13)21(23)24)20-8-2-3-9-20;/h4-5,11-12,14,18H,2-3,6-10H2,1H3,(H,19,22);1H. The van der Waals surface area contributed by atoms with Gasteiger partial charge in [0.05, 0.1) is 4.92 Å². The van der Waals surface area contributed by atoms with E-state index in [9.17, 15) is 14.9 Å². The first-order chi connectivity index (χ1) is 11.5. The Labute approximate surface area is 153 Å². The SMILES string of the molecule is CC1CC(NC(=O)c2ccc(N3CCCC3)c([N+](=O)[O-])c2)CCN1.Cl. The molecular formula is C17H25ClN4O3. The first-order valence-electron chi connectivity index (χ1n) is 8.62. The summed E-state index contributed by atoms with van der Waals surface area (Å²) in [5.41, 5.74) is 0.989. The van der Waals surface area contributed by atoms with Gasteiger partial charge in [0.25, 0.3) is 11.6 Å². The number of piperidine rings is 1. The van der Waals surface area contributed by atoms with Gasteiger partial charge in [-0.3, -0.25) is 14.9 Å². The zero-order valence-corrected chi connectivity index (χ0v) is 15.2. The van der Waals surface area contributed by atoms with Gasteiger partial charge in [-0.2, -0.15) is 0 Å². The van der Waals surface area contributed by atoms with E-state index >= 15 is 0 Å². The van der Waals surface area contributed by atoms with Crippen LogP contribution in [0.25, 0.3) is 0 Å². The Morgan fingerprint density at radius 1 is 1.36 bits per heavy atom. The summed E-state index contributed by atoms with van der Waals surface area (Å²) in [6, 6.07) is 5.30. The van der Waals surface area contributed by atoms with Crippen molar-refractivity contribution in [3.05, 3.63) is 33.9 Å². The van der Waals surface area contributed by atoms with E-state index < -0.39 is 4.92 Å². The lowest BCUT2D eigenvalue weighted by atomic mass is 10.00. The Hall–Kier alpha value is -1.86. The molecule has 2 aliphatic rings. The van der Waals surface area contributed by atoms with Crippen molar-refractivity contribution in [2.24, 2.45) is 0 Å². The molecule has 0 bridgehead atoms. The van der Waals surface area contributed by atoms with Crippen LogP contribution in [0.1, 0.15) is 43.0 Å². The molecule has 2 heterocycles. The molecule has 2 saturated heterocycles. The molecule has 2 N–H and O–H groups in total. The molecule has 2 atom stereocenters. The average Bonchev–Trinajstić information content (AvgIpc) is 3.08. The van der Waals surface area contributed by atoms with Gasteiger partial charge in [0.2, 0.25) is 0 Å². The minimum atomic E-state index is -0.392. The number of amides is 1. The predicted octanol–water partition coefficient (Wildman–Crippen LogP) is 2.49. The van der Waals surface area contributed by atoms with Gasteiger partial charge in [0.1, 0.15) is 5.69 Å². The smallest absolute Gasteiger partial charge is 0.293 e. The third-order valence-corrected chi connectivity index (χ3v) is 4.84. The van der Waals surface area contributed by atoms with Gasteiger partial charge >= 0.3 is 0 Å². The number of nitrogens with zero attached hydrogens (tertiary/aromatic N) is 2. The van der Waals surface area contributed by atoms with E-state index in [1.807, 2.05) is 4.90 Å². The first kappa shape index (κ1) is 19.5. The minimum absolute atomic E-state index is 0. The molecule has 7 nitrogen and oxygen atoms in total. The van der Waals surface area contributed by atoms with Crippen molar-refractivity contribution in [3.8, 4) is 0 Å². The van der Waals surface area contributed by atoms with Crippen molar-refractivity contribution in [2.75, 3.05) is 24.5 Å². The molecular weight excluding hydrogens is 344 g/mol. The molecule has 0 radical (unpaired) electrons. The van der Waals surface area contributed by atoms with Crippen LogP contribution in [0.5, 0.6) is 0 Å². The summed E-state index contributed by atoms with van der Waals surface area (Å²) in [5, 5.41) is 17.8. The third kappa shape index (κ3) is 4.61. The Kier molecular flexibility index (Phi) is 6.61. The monoisotopic (exact) mass is 368 g/mol. The molecule has 0 aliphatic carbocycles. The van der Waals surface area contributed by atoms with E-state index in [4.69, 9.17) is 0 Å². The lowest BCUT2D eigenvalue weighted by Crippen LogP contribution is -2.46. The molecule has 0 spiro atoms. The van der Waals surface area contributed by atoms with E-state index in [-0.39, 0.29) is 30.0 Å². The fourth-order valence-corrected chi connectivity index (χ4v) is 3.57. The van der Waals surface area contributed by atoms with Crippen LogP contribution in [-0.4, -0.2) is 42.5 Å². The fourth-order valence-electron chi connectivity index (χ4n) is 3.57. The summed E-state index contributed by atoms with van der Waals surface area (Å²) in [7, 11) is 0. The highest BCUT2D eigenvalue weighted by Gasteiger charge is 2.25. The third-order valence-electron chi connectivity index (χ3n) is 4.84. The number of nitrogens with one attached hydrogen (secondary N) is 2. The Bertz CT molecular complexity index is 634. The van der Waals surface area contributed by atoms with Crippen LogP contribution in [-0.2, 0) is 0 Å². The van der Waals surface area contributed by atoms with Crippen molar-refractivity contribution in [2.45, 2.75) is 44.7 Å². The van der Waals surface area contributed by atoms with Crippen LogP contribution in [0.4, 0.5) is 11.4 Å². The Morgan fingerprint density at radius 3 is 2.72 bits per heavy atom. The zero-order chi connectivity index (χ0) is 17.1. The maximum atomic E-state index is 12.5. The highest BCUT2D eigenvalue weighted by atomic mass is 35.5. The summed E-state index contributed by atoms with van der Waals surface area (Å²) in [6.07, 6.45) is 3.85. The van der Waals surface area contributed by atoms with Crippen molar-refractivity contribution in [1.82, 2.24) is 10.6 Å². The van der Waals surface area contributed by atoms with Gasteiger partial charge in [0.15, 0.2) is 0 Å². The van der Waals surface area contributed by atoms with Gasteiger partial charge in [-0.15, -0.1) is 12.4 Å². The number of benzene rings is 1. The van der Waals surface area contributed by atoms with Crippen LogP contribution in [0.15, 0.2) is 18.2 Å². The van der Waals surface area contributed by atoms with Crippen molar-refractivity contribution < 1.29 is 9.72 Å². The molecule has 8 heteroatoms. The number of carbonyl (C=O) groups is 1. The number of nitro groups is 1. The quantitative estimate of drug-likeness (QED) is 0.629. The van der Waals surface area contributed by atoms with Crippen molar-refractivity contribution in [1.29, 1.82) is 0 Å². The van der Waals surface area contributed by atoms with E-state index in [2.05, 4.69) is 17.6 Å². The van der Waals surface area contributed by atoms with Crippen LogP contribution in [0.2, 0.25) is 0 Å². The number of anilines is 1. The molecule has 1 amide bonds. The van der Waals surface area contributed by atoms with Crippen molar-refractivity contribution >= 4 is 29.7 Å². The number of hydrogen-bond acceptors (Lipinski definition) is 5. The second-order valence-electron chi connectivity index (χ2n) is 6.70. The topological polar surface area (TPSA) is 87.5 Å². The Balaban J connectivity index is 0.00000225. The lowest BCUT2D eigenvalue weighted by Gasteiger charge is -2.28. The number of hydrogen-bond donors (Lipinski definition) is 2. The van der Waals surface area contributed by atoms with Crippen molar-refractivity contribution in [3.63, 3.8) is 0 Å². The molecule has 2 aliphatic heterocycles. The molecule has 3 rings (SSSR count). The molecule has 2 unspecified atom stereocenters. The highest BCUT2D eigenvalue weighted by Crippen LogP contribution is 2.31. The number of nitro benzene ring substituents is 1. The summed E-state index contributed by atoms with van der Waals surface area (Å²) in [4.78, 5) is 25.5. The van der Waals surface area contributed by atoms with E-state index in [1.54, 1.807) is 12.1 Å². The van der Waals surface area contributed by atoms with Crippen LogP contribution in [0.3, 0.4) is 0 Å². The van der Waals surface area contributed by atoms with Gasteiger partial charge in [0, 0.05) is 36.8 Å². The van der Waals surface area contributed by atoms with Gasteiger partial charge < -0.3 is 15.5 Å². The number of rotatable bonds is 4. The number of carbonyl (C=O) groups excluding carboxylic acids is 1. The second-order valence-corrected chi connectivity index (χ2v) is 6.70. The normalized spacial score (nSPS) is 23.0. The zero-order valence-electron chi connectivity index (χ0n) is 14.4. The number of halogens is 1. The Morgan fingerprint density at radius 2 is 2.08 bits per heavy atom.